The van der Waals surface area contributed by atoms with Gasteiger partial charge in [-0.25, -0.2) is 0 Å². The van der Waals surface area contributed by atoms with Crippen molar-refractivity contribution in [3.05, 3.63) is 40.6 Å². The van der Waals surface area contributed by atoms with Crippen LogP contribution in [-0.2, 0) is 0 Å². The second kappa shape index (κ2) is 3.23. The molecule has 2 aromatic rings. The van der Waals surface area contributed by atoms with E-state index >= 15 is 0 Å². The minimum Gasteiger partial charge on any atom is -0.399 e. The lowest BCUT2D eigenvalue weighted by Gasteiger charge is -2.04. The monoisotopic (exact) mass is 189 g/mol. The maximum atomic E-state index is 5.74. The summed E-state index contributed by atoms with van der Waals surface area (Å²) in [5, 5.41) is 4.22. The average molecular weight is 189 g/mol. The van der Waals surface area contributed by atoms with Crippen LogP contribution < -0.4 is 5.73 Å². The van der Waals surface area contributed by atoms with Gasteiger partial charge < -0.3 is 5.73 Å². The Hall–Kier alpha value is -1.28. The highest BCUT2D eigenvalue weighted by Gasteiger charge is 2.01. The summed E-state index contributed by atoms with van der Waals surface area (Å²) < 4.78 is 0. The molecule has 0 aliphatic rings. The summed E-state index contributed by atoms with van der Waals surface area (Å²) in [7, 11) is 0. The van der Waals surface area contributed by atoms with Crippen molar-refractivity contribution in [2.75, 3.05) is 5.73 Å². The molecule has 13 heavy (non-hydrogen) atoms. The maximum Gasteiger partial charge on any atom is 0.0320 e. The molecular weight excluding hydrogens is 178 g/mol. The Kier molecular flexibility index (Phi) is 2.07. The highest BCUT2D eigenvalue weighted by molar-refractivity contribution is 7.08. The number of thiophene rings is 1. The van der Waals surface area contributed by atoms with E-state index in [9.17, 15) is 0 Å². The van der Waals surface area contributed by atoms with Crippen LogP contribution in [0.5, 0.6) is 0 Å². The molecule has 1 nitrogen and oxygen atoms in total. The Morgan fingerprint density at radius 1 is 1.23 bits per heavy atom. The van der Waals surface area contributed by atoms with Crippen molar-refractivity contribution in [1.29, 1.82) is 0 Å². The molecule has 1 aromatic carbocycles. The third kappa shape index (κ3) is 1.58. The van der Waals surface area contributed by atoms with Gasteiger partial charge in [-0.2, -0.15) is 11.3 Å². The van der Waals surface area contributed by atoms with Crippen LogP contribution in [0, 0.1) is 6.92 Å². The zero-order valence-electron chi connectivity index (χ0n) is 7.45. The van der Waals surface area contributed by atoms with Gasteiger partial charge in [0.1, 0.15) is 0 Å². The van der Waals surface area contributed by atoms with Crippen molar-refractivity contribution in [2.24, 2.45) is 0 Å². The molecule has 0 aliphatic heterocycles. The summed E-state index contributed by atoms with van der Waals surface area (Å²) in [6.45, 7) is 2.10. The molecular formula is C11H11NS. The van der Waals surface area contributed by atoms with Crippen LogP contribution in [0.2, 0.25) is 0 Å². The van der Waals surface area contributed by atoms with Gasteiger partial charge in [0.05, 0.1) is 0 Å². The van der Waals surface area contributed by atoms with E-state index in [1.54, 1.807) is 11.3 Å². The van der Waals surface area contributed by atoms with E-state index in [2.05, 4.69) is 29.8 Å². The number of hydrogen-bond acceptors (Lipinski definition) is 2. The standard InChI is InChI=1S/C11H11NS/c1-8-2-3-10(12)6-11(8)9-4-5-13-7-9/h2-7H,12H2,1H3. The Labute approximate surface area is 81.8 Å². The van der Waals surface area contributed by atoms with Gasteiger partial charge in [0.2, 0.25) is 0 Å². The summed E-state index contributed by atoms with van der Waals surface area (Å²) in [6, 6.07) is 8.14. The van der Waals surface area contributed by atoms with E-state index in [0.29, 0.717) is 0 Å². The number of aryl methyl sites for hydroxylation is 1. The minimum absolute atomic E-state index is 0.826. The van der Waals surface area contributed by atoms with E-state index < -0.39 is 0 Å². The fourth-order valence-electron chi connectivity index (χ4n) is 1.37. The van der Waals surface area contributed by atoms with Gasteiger partial charge in [-0.15, -0.1) is 0 Å². The van der Waals surface area contributed by atoms with Gasteiger partial charge >= 0.3 is 0 Å². The fourth-order valence-corrected chi connectivity index (χ4v) is 2.02. The van der Waals surface area contributed by atoms with Gasteiger partial charge in [-0.05, 0) is 52.6 Å². The van der Waals surface area contributed by atoms with Crippen LogP contribution in [0.15, 0.2) is 35.0 Å². The first-order valence-electron chi connectivity index (χ1n) is 4.16. The van der Waals surface area contributed by atoms with E-state index in [1.165, 1.54) is 16.7 Å². The molecule has 0 spiro atoms. The predicted octanol–water partition coefficient (Wildman–Crippen LogP) is 3.31. The van der Waals surface area contributed by atoms with Crippen molar-refractivity contribution < 1.29 is 0 Å². The fraction of sp³-hybridized carbons (Fsp3) is 0.0909. The molecule has 1 heterocycles. The number of anilines is 1. The van der Waals surface area contributed by atoms with Gasteiger partial charge in [-0.1, -0.05) is 6.07 Å². The second-order valence-electron chi connectivity index (χ2n) is 3.09. The molecule has 2 N–H and O–H groups in total. The van der Waals surface area contributed by atoms with Crippen LogP contribution in [0.25, 0.3) is 11.1 Å². The number of benzene rings is 1. The zero-order valence-corrected chi connectivity index (χ0v) is 8.27. The molecule has 0 aliphatic carbocycles. The third-order valence-corrected chi connectivity index (χ3v) is 2.78. The molecule has 2 rings (SSSR count). The quantitative estimate of drug-likeness (QED) is 0.684. The second-order valence-corrected chi connectivity index (χ2v) is 3.87. The topological polar surface area (TPSA) is 26.0 Å². The lowest BCUT2D eigenvalue weighted by Crippen LogP contribution is -1.87. The van der Waals surface area contributed by atoms with Gasteiger partial charge in [-0.3, -0.25) is 0 Å². The minimum atomic E-state index is 0.826. The lowest BCUT2D eigenvalue weighted by molar-refractivity contribution is 1.47. The van der Waals surface area contributed by atoms with Crippen molar-refractivity contribution >= 4 is 17.0 Å². The zero-order chi connectivity index (χ0) is 9.26. The summed E-state index contributed by atoms with van der Waals surface area (Å²) >= 11 is 1.71. The molecule has 66 valence electrons. The lowest BCUT2D eigenvalue weighted by atomic mass is 10.0. The van der Waals surface area contributed by atoms with Crippen LogP contribution in [0.4, 0.5) is 5.69 Å². The number of nitrogens with two attached hydrogens (primary N) is 1. The van der Waals surface area contributed by atoms with Gasteiger partial charge in [0, 0.05) is 5.69 Å². The first kappa shape index (κ1) is 8.32. The van der Waals surface area contributed by atoms with Crippen molar-refractivity contribution in [3.8, 4) is 11.1 Å². The summed E-state index contributed by atoms with van der Waals surface area (Å²) in [5.41, 5.74) is 10.3. The van der Waals surface area contributed by atoms with E-state index in [1.807, 2.05) is 12.1 Å². The van der Waals surface area contributed by atoms with Crippen LogP contribution >= 0.6 is 11.3 Å². The largest absolute Gasteiger partial charge is 0.399 e. The molecule has 0 saturated heterocycles. The highest BCUT2D eigenvalue weighted by atomic mass is 32.1. The average Bonchev–Trinajstić information content (AvgIpc) is 2.61. The van der Waals surface area contributed by atoms with E-state index in [4.69, 9.17) is 5.73 Å². The van der Waals surface area contributed by atoms with Crippen molar-refractivity contribution in [3.63, 3.8) is 0 Å². The third-order valence-electron chi connectivity index (χ3n) is 2.09. The number of hydrogen-bond donors (Lipinski definition) is 1. The molecule has 1 aromatic heterocycles. The van der Waals surface area contributed by atoms with Crippen LogP contribution in [0.1, 0.15) is 5.56 Å². The van der Waals surface area contributed by atoms with E-state index in [0.717, 1.165) is 5.69 Å². The molecule has 0 bridgehead atoms. The molecule has 0 radical (unpaired) electrons. The van der Waals surface area contributed by atoms with Gasteiger partial charge in [0.15, 0.2) is 0 Å². The van der Waals surface area contributed by atoms with Crippen molar-refractivity contribution in [1.82, 2.24) is 0 Å². The first-order chi connectivity index (χ1) is 6.27. The summed E-state index contributed by atoms with van der Waals surface area (Å²) in [5.74, 6) is 0. The maximum absolute atomic E-state index is 5.74. The molecule has 0 atom stereocenters. The Morgan fingerprint density at radius 2 is 2.08 bits per heavy atom. The molecule has 0 fully saturated rings. The Balaban J connectivity index is 2.57. The van der Waals surface area contributed by atoms with Gasteiger partial charge in [0.25, 0.3) is 0 Å². The predicted molar refractivity (Wildman–Crippen MR) is 58.9 cm³/mol. The number of rotatable bonds is 1. The normalized spacial score (nSPS) is 10.2. The smallest absolute Gasteiger partial charge is 0.0320 e. The molecule has 2 heteroatoms. The first-order valence-corrected chi connectivity index (χ1v) is 5.10. The van der Waals surface area contributed by atoms with Crippen LogP contribution in [-0.4, -0.2) is 0 Å². The van der Waals surface area contributed by atoms with Crippen molar-refractivity contribution in [2.45, 2.75) is 6.92 Å². The highest BCUT2D eigenvalue weighted by Crippen LogP contribution is 2.27. The Morgan fingerprint density at radius 3 is 2.77 bits per heavy atom. The summed E-state index contributed by atoms with van der Waals surface area (Å²) in [6.07, 6.45) is 0. The molecule has 0 saturated carbocycles. The SMILES string of the molecule is Cc1ccc(N)cc1-c1ccsc1. The number of nitrogen functional groups attached to an aromatic ring is 1. The van der Waals surface area contributed by atoms with E-state index in [-0.39, 0.29) is 0 Å². The summed E-state index contributed by atoms with van der Waals surface area (Å²) in [4.78, 5) is 0. The molecule has 0 amide bonds. The van der Waals surface area contributed by atoms with Crippen LogP contribution in [0.3, 0.4) is 0 Å². The molecule has 0 unspecified atom stereocenters. The Bertz CT molecular complexity index is 404.